The average Bonchev–Trinajstić information content (AvgIpc) is 3.03. The quantitative estimate of drug-likeness (QED) is 0.529. The molecule has 0 fully saturated rings. The fourth-order valence-electron chi connectivity index (χ4n) is 2.39. The smallest absolute Gasteiger partial charge is 0.234 e. The van der Waals surface area contributed by atoms with Crippen LogP contribution in [0, 0.1) is 0 Å². The maximum absolute atomic E-state index is 12.2. The average molecular weight is 452 g/mol. The number of hydrogen-bond acceptors (Lipinski definition) is 4. The summed E-state index contributed by atoms with van der Waals surface area (Å²) in [6.45, 7) is 2.75. The molecule has 0 aliphatic carbocycles. The van der Waals surface area contributed by atoms with E-state index in [0.717, 1.165) is 22.4 Å². The molecule has 0 bridgehead atoms. The van der Waals surface area contributed by atoms with E-state index in [1.54, 1.807) is 24.3 Å². The molecule has 3 aromatic rings. The summed E-state index contributed by atoms with van der Waals surface area (Å²) in [7, 11) is 0. The van der Waals surface area contributed by atoms with E-state index in [1.807, 2.05) is 35.8 Å². The van der Waals surface area contributed by atoms with Crippen LogP contribution in [-0.2, 0) is 11.3 Å². The maximum atomic E-state index is 12.2. The molecule has 1 amide bonds. The topological polar surface area (TPSA) is 59.8 Å². The van der Waals surface area contributed by atoms with Crippen molar-refractivity contribution < 1.29 is 4.79 Å². The number of thioether (sulfide) groups is 1. The number of carbonyl (C=O) groups is 1. The molecule has 0 atom stereocenters. The lowest BCUT2D eigenvalue weighted by atomic mass is 10.2. The molecule has 1 heterocycles. The van der Waals surface area contributed by atoms with Gasteiger partial charge in [-0.3, -0.25) is 4.79 Å². The van der Waals surface area contributed by atoms with Gasteiger partial charge in [0.05, 0.1) is 5.75 Å². The summed E-state index contributed by atoms with van der Waals surface area (Å²) >= 11 is 10.7. The number of nitrogens with zero attached hydrogens (tertiary/aromatic N) is 3. The van der Waals surface area contributed by atoms with Gasteiger partial charge in [0.2, 0.25) is 5.91 Å². The van der Waals surface area contributed by atoms with Gasteiger partial charge in [-0.15, -0.1) is 10.2 Å². The Morgan fingerprint density at radius 2 is 2.00 bits per heavy atom. The lowest BCUT2D eigenvalue weighted by molar-refractivity contribution is -0.113. The summed E-state index contributed by atoms with van der Waals surface area (Å²) in [5.74, 6) is 0.913. The van der Waals surface area contributed by atoms with E-state index in [9.17, 15) is 4.79 Å². The number of halogens is 2. The summed E-state index contributed by atoms with van der Waals surface area (Å²) in [6, 6.07) is 15.0. The molecule has 0 aliphatic heterocycles. The van der Waals surface area contributed by atoms with Gasteiger partial charge < -0.3 is 9.88 Å². The standard InChI is InChI=1S/C18H16BrClN4OS/c1-2-24-17(12-6-8-13(19)9-7-12)22-23-18(24)26-11-16(25)21-15-5-3-4-14(20)10-15/h3-10H,2,11H2,1H3,(H,21,25). The largest absolute Gasteiger partial charge is 0.325 e. The molecular formula is C18H16BrClN4OS. The molecule has 0 spiro atoms. The molecule has 5 nitrogen and oxygen atoms in total. The van der Waals surface area contributed by atoms with Gasteiger partial charge in [0.15, 0.2) is 11.0 Å². The molecule has 26 heavy (non-hydrogen) atoms. The number of carbonyl (C=O) groups excluding carboxylic acids is 1. The van der Waals surface area contributed by atoms with Crippen LogP contribution < -0.4 is 5.32 Å². The van der Waals surface area contributed by atoms with Gasteiger partial charge in [-0.2, -0.15) is 0 Å². The molecule has 0 saturated carbocycles. The van der Waals surface area contributed by atoms with E-state index in [4.69, 9.17) is 11.6 Å². The molecule has 0 unspecified atom stereocenters. The van der Waals surface area contributed by atoms with E-state index in [1.165, 1.54) is 11.8 Å². The number of rotatable bonds is 6. The van der Waals surface area contributed by atoms with Crippen molar-refractivity contribution in [2.45, 2.75) is 18.6 Å². The van der Waals surface area contributed by atoms with Crippen LogP contribution in [0.3, 0.4) is 0 Å². The molecule has 8 heteroatoms. The molecule has 134 valence electrons. The normalized spacial score (nSPS) is 10.7. The third-order valence-electron chi connectivity index (χ3n) is 3.58. The van der Waals surface area contributed by atoms with E-state index in [-0.39, 0.29) is 11.7 Å². The first-order valence-electron chi connectivity index (χ1n) is 7.94. The number of benzene rings is 2. The zero-order valence-corrected chi connectivity index (χ0v) is 17.1. The van der Waals surface area contributed by atoms with Gasteiger partial charge in [-0.25, -0.2) is 0 Å². The molecule has 2 aromatic carbocycles. The zero-order chi connectivity index (χ0) is 18.5. The summed E-state index contributed by atoms with van der Waals surface area (Å²) in [6.07, 6.45) is 0. The Hall–Kier alpha value is -1.83. The Morgan fingerprint density at radius 3 is 2.69 bits per heavy atom. The Morgan fingerprint density at radius 1 is 1.23 bits per heavy atom. The lowest BCUT2D eigenvalue weighted by Gasteiger charge is -2.08. The minimum Gasteiger partial charge on any atom is -0.325 e. The zero-order valence-electron chi connectivity index (χ0n) is 13.9. The Kier molecular flexibility index (Phi) is 6.34. The van der Waals surface area contributed by atoms with Crippen LogP contribution >= 0.6 is 39.3 Å². The highest BCUT2D eigenvalue weighted by molar-refractivity contribution is 9.10. The molecule has 0 aliphatic rings. The summed E-state index contributed by atoms with van der Waals surface area (Å²) in [4.78, 5) is 12.2. The van der Waals surface area contributed by atoms with E-state index < -0.39 is 0 Å². The SMILES string of the molecule is CCn1c(SCC(=O)Nc2cccc(Cl)c2)nnc1-c1ccc(Br)cc1. The first-order chi connectivity index (χ1) is 12.6. The third-order valence-corrected chi connectivity index (χ3v) is 5.31. The van der Waals surface area contributed by atoms with Crippen molar-refractivity contribution in [3.05, 3.63) is 58.0 Å². The number of hydrogen-bond donors (Lipinski definition) is 1. The van der Waals surface area contributed by atoms with Crippen LogP contribution in [0.5, 0.6) is 0 Å². The second kappa shape index (κ2) is 8.70. The number of aromatic nitrogens is 3. The fourth-order valence-corrected chi connectivity index (χ4v) is 3.64. The highest BCUT2D eigenvalue weighted by Gasteiger charge is 2.14. The number of anilines is 1. The first kappa shape index (κ1) is 18.9. The van der Waals surface area contributed by atoms with Crippen LogP contribution in [0.1, 0.15) is 6.92 Å². The Balaban J connectivity index is 1.68. The number of amides is 1. The van der Waals surface area contributed by atoms with Gasteiger partial charge in [-0.05, 0) is 37.3 Å². The minimum absolute atomic E-state index is 0.117. The maximum Gasteiger partial charge on any atom is 0.234 e. The highest BCUT2D eigenvalue weighted by atomic mass is 79.9. The Labute approximate surface area is 169 Å². The van der Waals surface area contributed by atoms with Gasteiger partial charge in [0.25, 0.3) is 0 Å². The van der Waals surface area contributed by atoms with Crippen molar-refractivity contribution >= 4 is 50.9 Å². The van der Waals surface area contributed by atoms with Crippen molar-refractivity contribution in [2.24, 2.45) is 0 Å². The fraction of sp³-hybridized carbons (Fsp3) is 0.167. The van der Waals surface area contributed by atoms with Gasteiger partial charge >= 0.3 is 0 Å². The van der Waals surface area contributed by atoms with Crippen LogP contribution in [0.15, 0.2) is 58.2 Å². The second-order valence-electron chi connectivity index (χ2n) is 5.40. The molecule has 0 radical (unpaired) electrons. The van der Waals surface area contributed by atoms with Crippen LogP contribution in [0.2, 0.25) is 5.02 Å². The van der Waals surface area contributed by atoms with Crippen molar-refractivity contribution in [3.8, 4) is 11.4 Å². The minimum atomic E-state index is -0.117. The first-order valence-corrected chi connectivity index (χ1v) is 10.1. The molecule has 1 N–H and O–H groups in total. The molecule has 3 rings (SSSR count). The van der Waals surface area contributed by atoms with Gasteiger partial charge in [0, 0.05) is 27.3 Å². The molecular weight excluding hydrogens is 436 g/mol. The van der Waals surface area contributed by atoms with Crippen molar-refractivity contribution in [1.82, 2.24) is 14.8 Å². The highest BCUT2D eigenvalue weighted by Crippen LogP contribution is 2.25. The Bertz CT molecular complexity index is 914. The predicted octanol–water partition coefficient (Wildman–Crippen LogP) is 5.11. The second-order valence-corrected chi connectivity index (χ2v) is 7.70. The van der Waals surface area contributed by atoms with E-state index in [0.29, 0.717) is 15.9 Å². The van der Waals surface area contributed by atoms with Crippen molar-refractivity contribution in [2.75, 3.05) is 11.1 Å². The summed E-state index contributed by atoms with van der Waals surface area (Å²) in [5.41, 5.74) is 1.66. The lowest BCUT2D eigenvalue weighted by Crippen LogP contribution is -2.14. The van der Waals surface area contributed by atoms with Crippen LogP contribution in [-0.4, -0.2) is 26.4 Å². The number of nitrogens with one attached hydrogen (secondary N) is 1. The van der Waals surface area contributed by atoms with Gasteiger partial charge in [-0.1, -0.05) is 57.5 Å². The third kappa shape index (κ3) is 4.66. The van der Waals surface area contributed by atoms with Crippen LogP contribution in [0.4, 0.5) is 5.69 Å². The predicted molar refractivity (Wildman–Crippen MR) is 110 cm³/mol. The molecule has 0 saturated heterocycles. The van der Waals surface area contributed by atoms with E-state index in [2.05, 4.69) is 31.4 Å². The molecule has 1 aromatic heterocycles. The summed E-state index contributed by atoms with van der Waals surface area (Å²) < 4.78 is 3.01. The monoisotopic (exact) mass is 450 g/mol. The van der Waals surface area contributed by atoms with Gasteiger partial charge in [0.1, 0.15) is 0 Å². The van der Waals surface area contributed by atoms with Crippen molar-refractivity contribution in [3.63, 3.8) is 0 Å². The van der Waals surface area contributed by atoms with Crippen LogP contribution in [0.25, 0.3) is 11.4 Å². The summed E-state index contributed by atoms with van der Waals surface area (Å²) in [5, 5.41) is 12.7. The van der Waals surface area contributed by atoms with Crippen molar-refractivity contribution in [1.29, 1.82) is 0 Å². The van der Waals surface area contributed by atoms with E-state index >= 15 is 0 Å².